The molecular weight excluding hydrogens is 524 g/mol. The first kappa shape index (κ1) is 28.8. The van der Waals surface area contributed by atoms with E-state index in [0.717, 1.165) is 66.7 Å². The molecule has 2 aromatic rings. The van der Waals surface area contributed by atoms with E-state index >= 15 is 0 Å². The summed E-state index contributed by atoms with van der Waals surface area (Å²) in [6.07, 6.45) is 9.65. The zero-order valence-corrected chi connectivity index (χ0v) is 23.9. The van der Waals surface area contributed by atoms with Crippen molar-refractivity contribution in [3.05, 3.63) is 53.7 Å². The van der Waals surface area contributed by atoms with Crippen LogP contribution >= 0.6 is 0 Å². The number of pyridine rings is 1. The van der Waals surface area contributed by atoms with Gasteiger partial charge in [-0.3, -0.25) is 4.79 Å². The number of hydrogen-bond donors (Lipinski definition) is 1. The van der Waals surface area contributed by atoms with Crippen molar-refractivity contribution in [1.29, 1.82) is 0 Å². The summed E-state index contributed by atoms with van der Waals surface area (Å²) in [5.41, 5.74) is 3.18. The second-order valence-corrected chi connectivity index (χ2v) is 11.1. The van der Waals surface area contributed by atoms with Crippen LogP contribution in [0.25, 0.3) is 5.57 Å². The van der Waals surface area contributed by atoms with Crippen molar-refractivity contribution >= 4 is 17.6 Å². The summed E-state index contributed by atoms with van der Waals surface area (Å²) < 4.78 is 23.5. The van der Waals surface area contributed by atoms with Crippen molar-refractivity contribution < 1.29 is 33.6 Å². The highest BCUT2D eigenvalue weighted by Crippen LogP contribution is 2.45. The SMILES string of the molecule is CCOC(=O)CC(c1ccnc(OC2CCC(Oc3cc(OC)ccc3C3=CCN(C(=O)O)CC3)CC2)c1)C1CC1. The molecule has 1 aliphatic heterocycles. The maximum atomic E-state index is 12.2. The molecule has 41 heavy (non-hydrogen) atoms. The Morgan fingerprint density at radius 2 is 1.80 bits per heavy atom. The molecule has 1 N–H and O–H groups in total. The molecule has 9 nitrogen and oxygen atoms in total. The van der Waals surface area contributed by atoms with E-state index in [4.69, 9.17) is 18.9 Å². The third-order valence-electron chi connectivity index (χ3n) is 8.29. The van der Waals surface area contributed by atoms with Gasteiger partial charge < -0.3 is 29.0 Å². The molecule has 1 amide bonds. The average molecular weight is 565 g/mol. The van der Waals surface area contributed by atoms with E-state index in [1.54, 1.807) is 13.3 Å². The van der Waals surface area contributed by atoms with E-state index in [9.17, 15) is 14.7 Å². The summed E-state index contributed by atoms with van der Waals surface area (Å²) >= 11 is 0. The van der Waals surface area contributed by atoms with Crippen molar-refractivity contribution in [2.75, 3.05) is 26.8 Å². The lowest BCUT2D eigenvalue weighted by atomic mass is 9.91. The molecule has 1 unspecified atom stereocenters. The number of benzene rings is 1. The number of ether oxygens (including phenoxy) is 4. The fourth-order valence-corrected chi connectivity index (χ4v) is 5.87. The lowest BCUT2D eigenvalue weighted by molar-refractivity contribution is -0.143. The van der Waals surface area contributed by atoms with Crippen LogP contribution in [0.4, 0.5) is 4.79 Å². The zero-order chi connectivity index (χ0) is 28.8. The maximum absolute atomic E-state index is 12.2. The lowest BCUT2D eigenvalue weighted by Crippen LogP contribution is -2.33. The smallest absolute Gasteiger partial charge is 0.407 e. The zero-order valence-electron chi connectivity index (χ0n) is 23.9. The summed E-state index contributed by atoms with van der Waals surface area (Å²) in [7, 11) is 1.64. The number of aromatic nitrogens is 1. The number of rotatable bonds is 11. The summed E-state index contributed by atoms with van der Waals surface area (Å²) in [5, 5.41) is 9.28. The van der Waals surface area contributed by atoms with Crippen LogP contribution in [-0.4, -0.2) is 66.1 Å². The van der Waals surface area contributed by atoms with E-state index in [1.807, 2.05) is 43.3 Å². The molecule has 1 atom stereocenters. The first-order valence-corrected chi connectivity index (χ1v) is 14.7. The maximum Gasteiger partial charge on any atom is 0.407 e. The number of methoxy groups -OCH3 is 1. The van der Waals surface area contributed by atoms with Gasteiger partial charge in [0, 0.05) is 37.0 Å². The van der Waals surface area contributed by atoms with Gasteiger partial charge in [-0.15, -0.1) is 0 Å². The topological polar surface area (TPSA) is 107 Å². The highest BCUT2D eigenvalue weighted by atomic mass is 16.5. The Balaban J connectivity index is 1.19. The predicted octanol–water partition coefficient (Wildman–Crippen LogP) is 6.07. The van der Waals surface area contributed by atoms with Crippen molar-refractivity contribution in [2.45, 2.75) is 76.4 Å². The standard InChI is InChI=1S/C32H40N2O7/c1-3-39-31(35)20-28(21-4-5-21)23-12-15-33-30(18-23)41-25-8-6-24(7-9-25)40-29-19-26(38-2)10-11-27(29)22-13-16-34(17-14-22)32(36)37/h10-13,15,18-19,21,24-25,28H,3-9,14,16-17,20H2,1-2H3,(H,36,37). The van der Waals surface area contributed by atoms with Crippen LogP contribution in [0.1, 0.15) is 75.3 Å². The minimum atomic E-state index is -0.896. The predicted molar refractivity (Wildman–Crippen MR) is 153 cm³/mol. The summed E-state index contributed by atoms with van der Waals surface area (Å²) in [6, 6.07) is 9.83. The van der Waals surface area contributed by atoms with Gasteiger partial charge in [0.05, 0.1) is 26.2 Å². The molecule has 3 aliphatic rings. The van der Waals surface area contributed by atoms with Gasteiger partial charge in [0.25, 0.3) is 0 Å². The van der Waals surface area contributed by atoms with Gasteiger partial charge in [0.1, 0.15) is 17.6 Å². The highest BCUT2D eigenvalue weighted by molar-refractivity contribution is 5.74. The third-order valence-corrected chi connectivity index (χ3v) is 8.29. The summed E-state index contributed by atoms with van der Waals surface area (Å²) in [6.45, 7) is 3.07. The molecule has 2 fully saturated rings. The molecule has 220 valence electrons. The largest absolute Gasteiger partial charge is 0.497 e. The second-order valence-electron chi connectivity index (χ2n) is 11.1. The highest BCUT2D eigenvalue weighted by Gasteiger charge is 2.34. The number of hydrogen-bond acceptors (Lipinski definition) is 7. The molecule has 2 saturated carbocycles. The van der Waals surface area contributed by atoms with Gasteiger partial charge in [-0.25, -0.2) is 9.78 Å². The molecule has 1 aromatic heterocycles. The minimum absolute atomic E-state index is 0.0449. The molecule has 1 aromatic carbocycles. The second kappa shape index (κ2) is 13.3. The molecule has 2 aliphatic carbocycles. The summed E-state index contributed by atoms with van der Waals surface area (Å²) in [4.78, 5) is 29.4. The van der Waals surface area contributed by atoms with Crippen LogP contribution in [0.15, 0.2) is 42.6 Å². The average Bonchev–Trinajstić information content (AvgIpc) is 3.83. The van der Waals surface area contributed by atoms with Crippen LogP contribution < -0.4 is 14.2 Å². The normalized spacial score (nSPS) is 21.4. The van der Waals surface area contributed by atoms with Crippen molar-refractivity contribution in [3.8, 4) is 17.4 Å². The number of nitrogens with zero attached hydrogens (tertiary/aromatic N) is 2. The van der Waals surface area contributed by atoms with E-state index in [-0.39, 0.29) is 24.1 Å². The number of carbonyl (C=O) groups excluding carboxylic acids is 1. The monoisotopic (exact) mass is 564 g/mol. The molecule has 5 rings (SSSR count). The van der Waals surface area contributed by atoms with E-state index < -0.39 is 6.09 Å². The van der Waals surface area contributed by atoms with E-state index in [0.29, 0.717) is 44.3 Å². The molecule has 0 bridgehead atoms. The molecule has 9 heteroatoms. The minimum Gasteiger partial charge on any atom is -0.497 e. The van der Waals surface area contributed by atoms with Crippen LogP contribution in [0, 0.1) is 5.92 Å². The number of carbonyl (C=O) groups is 2. The fraction of sp³-hybridized carbons (Fsp3) is 0.531. The van der Waals surface area contributed by atoms with Gasteiger partial charge >= 0.3 is 12.1 Å². The number of amides is 1. The van der Waals surface area contributed by atoms with Gasteiger partial charge in [0.15, 0.2) is 0 Å². The van der Waals surface area contributed by atoms with Crippen molar-refractivity contribution in [3.63, 3.8) is 0 Å². The summed E-state index contributed by atoms with van der Waals surface area (Å²) in [5.74, 6) is 2.61. The van der Waals surface area contributed by atoms with Gasteiger partial charge in [0.2, 0.25) is 5.88 Å². The van der Waals surface area contributed by atoms with Crippen LogP contribution in [0.3, 0.4) is 0 Å². The number of esters is 1. The Kier molecular flexibility index (Phi) is 9.31. The van der Waals surface area contributed by atoms with Crippen molar-refractivity contribution in [1.82, 2.24) is 9.88 Å². The third kappa shape index (κ3) is 7.51. The van der Waals surface area contributed by atoms with Gasteiger partial charge in [-0.2, -0.15) is 0 Å². The fourth-order valence-electron chi connectivity index (χ4n) is 5.87. The Morgan fingerprint density at radius 3 is 2.44 bits per heavy atom. The molecule has 0 spiro atoms. The van der Waals surface area contributed by atoms with Gasteiger partial charge in [-0.05, 0) is 93.0 Å². The van der Waals surface area contributed by atoms with Crippen LogP contribution in [0.2, 0.25) is 0 Å². The lowest BCUT2D eigenvalue weighted by Gasteiger charge is -2.30. The van der Waals surface area contributed by atoms with Crippen molar-refractivity contribution in [2.24, 2.45) is 5.92 Å². The molecule has 0 saturated heterocycles. The van der Waals surface area contributed by atoms with Crippen LogP contribution in [-0.2, 0) is 9.53 Å². The van der Waals surface area contributed by atoms with E-state index in [1.165, 1.54) is 4.90 Å². The Bertz CT molecular complexity index is 1250. The Morgan fingerprint density at radius 1 is 1.05 bits per heavy atom. The Labute approximate surface area is 241 Å². The first-order valence-electron chi connectivity index (χ1n) is 14.7. The molecule has 0 radical (unpaired) electrons. The quantitative estimate of drug-likeness (QED) is 0.328. The van der Waals surface area contributed by atoms with Gasteiger partial charge in [-0.1, -0.05) is 6.08 Å². The molecular formula is C32H40N2O7. The van der Waals surface area contributed by atoms with E-state index in [2.05, 4.69) is 4.98 Å². The Hall–Kier alpha value is -3.75. The first-order chi connectivity index (χ1) is 19.9. The molecule has 2 heterocycles. The number of carboxylic acid groups (broad SMARTS) is 1. The van der Waals surface area contributed by atoms with Crippen LogP contribution in [0.5, 0.6) is 17.4 Å².